The van der Waals surface area contributed by atoms with Crippen LogP contribution in [0.15, 0.2) is 53.2 Å². The number of aryl methyl sites for hydroxylation is 2. The van der Waals surface area contributed by atoms with Crippen LogP contribution in [-0.4, -0.2) is 37.7 Å². The predicted molar refractivity (Wildman–Crippen MR) is 112 cm³/mol. The second-order valence-electron chi connectivity index (χ2n) is 8.01. The maximum Gasteiger partial charge on any atom is 0.170 e. The molecule has 4 aromatic rings. The summed E-state index contributed by atoms with van der Waals surface area (Å²) in [6, 6.07) is 14.7. The van der Waals surface area contributed by atoms with Gasteiger partial charge in [-0.05, 0) is 38.8 Å². The van der Waals surface area contributed by atoms with E-state index in [1.165, 1.54) is 11.3 Å². The summed E-state index contributed by atoms with van der Waals surface area (Å²) in [6.45, 7) is 7.04. The molecule has 3 aromatic heterocycles. The zero-order valence-electron chi connectivity index (χ0n) is 16.9. The topological polar surface area (TPSA) is 59.5 Å². The zero-order valence-corrected chi connectivity index (χ0v) is 16.9. The molecule has 1 saturated heterocycles. The van der Waals surface area contributed by atoms with Crippen molar-refractivity contribution in [3.8, 4) is 11.3 Å². The molecular formula is C23H25N5O. The molecule has 148 valence electrons. The van der Waals surface area contributed by atoms with E-state index in [2.05, 4.69) is 45.4 Å². The summed E-state index contributed by atoms with van der Waals surface area (Å²) in [4.78, 5) is 7.17. The lowest BCUT2D eigenvalue weighted by molar-refractivity contribution is 0.197. The maximum atomic E-state index is 5.62. The molecule has 0 bridgehead atoms. The molecule has 0 radical (unpaired) electrons. The van der Waals surface area contributed by atoms with Crippen LogP contribution in [0, 0.1) is 13.8 Å². The van der Waals surface area contributed by atoms with Gasteiger partial charge in [0.15, 0.2) is 11.4 Å². The highest BCUT2D eigenvalue weighted by molar-refractivity contribution is 5.63. The molecule has 6 nitrogen and oxygen atoms in total. The van der Waals surface area contributed by atoms with Crippen molar-refractivity contribution in [2.45, 2.75) is 39.2 Å². The molecule has 0 aliphatic carbocycles. The lowest BCUT2D eigenvalue weighted by atomic mass is 9.91. The Labute approximate surface area is 170 Å². The van der Waals surface area contributed by atoms with Gasteiger partial charge in [0.05, 0.1) is 22.6 Å². The highest BCUT2D eigenvalue weighted by atomic mass is 16.5. The van der Waals surface area contributed by atoms with Crippen LogP contribution in [0.1, 0.15) is 41.4 Å². The first-order valence-corrected chi connectivity index (χ1v) is 10.2. The standard InChI is InChI=1S/C23H25N5O/c1-16-12-22-24-13-20(21-11-17(2)26-29-21)23(28(22)25-16)19-9-6-10-27(15-19)14-18-7-4-3-5-8-18/h3-5,7-8,11-13,19H,6,9-10,14-15H2,1-2H3/t19-/m1/s1. The Morgan fingerprint density at radius 3 is 2.76 bits per heavy atom. The molecule has 0 amide bonds. The van der Waals surface area contributed by atoms with Crippen LogP contribution in [0.25, 0.3) is 17.0 Å². The van der Waals surface area contributed by atoms with Gasteiger partial charge < -0.3 is 4.52 Å². The van der Waals surface area contributed by atoms with Crippen LogP contribution < -0.4 is 0 Å². The number of piperidine rings is 1. The van der Waals surface area contributed by atoms with Gasteiger partial charge in [-0.2, -0.15) is 5.10 Å². The van der Waals surface area contributed by atoms with Gasteiger partial charge >= 0.3 is 0 Å². The number of hydrogen-bond acceptors (Lipinski definition) is 5. The summed E-state index contributed by atoms with van der Waals surface area (Å²) >= 11 is 0. The number of nitrogens with zero attached hydrogens (tertiary/aromatic N) is 5. The molecule has 0 spiro atoms. The molecule has 1 atom stereocenters. The monoisotopic (exact) mass is 387 g/mol. The van der Waals surface area contributed by atoms with Crippen molar-refractivity contribution >= 4 is 5.65 Å². The largest absolute Gasteiger partial charge is 0.356 e. The van der Waals surface area contributed by atoms with Gasteiger partial charge in [0.2, 0.25) is 0 Å². The number of fused-ring (bicyclic) bond motifs is 1. The smallest absolute Gasteiger partial charge is 0.170 e. The Hall–Kier alpha value is -2.99. The van der Waals surface area contributed by atoms with E-state index in [1.54, 1.807) is 0 Å². The van der Waals surface area contributed by atoms with Gasteiger partial charge in [-0.1, -0.05) is 35.5 Å². The Balaban J connectivity index is 1.54. The fraction of sp³-hybridized carbons (Fsp3) is 0.348. The third-order valence-corrected chi connectivity index (χ3v) is 5.68. The van der Waals surface area contributed by atoms with E-state index in [-0.39, 0.29) is 0 Å². The van der Waals surface area contributed by atoms with Crippen LogP contribution in [0.5, 0.6) is 0 Å². The molecule has 0 N–H and O–H groups in total. The molecular weight excluding hydrogens is 362 g/mol. The van der Waals surface area contributed by atoms with E-state index in [9.17, 15) is 0 Å². The number of likely N-dealkylation sites (tertiary alicyclic amines) is 1. The highest BCUT2D eigenvalue weighted by Crippen LogP contribution is 2.35. The van der Waals surface area contributed by atoms with E-state index < -0.39 is 0 Å². The predicted octanol–water partition coefficient (Wildman–Crippen LogP) is 4.38. The molecule has 4 heterocycles. The third-order valence-electron chi connectivity index (χ3n) is 5.68. The fourth-order valence-corrected chi connectivity index (χ4v) is 4.40. The van der Waals surface area contributed by atoms with Crippen molar-refractivity contribution in [1.29, 1.82) is 0 Å². The van der Waals surface area contributed by atoms with E-state index >= 15 is 0 Å². The van der Waals surface area contributed by atoms with E-state index in [4.69, 9.17) is 9.62 Å². The first-order chi connectivity index (χ1) is 14.2. The van der Waals surface area contributed by atoms with Crippen molar-refractivity contribution < 1.29 is 4.52 Å². The first-order valence-electron chi connectivity index (χ1n) is 10.2. The number of rotatable bonds is 4. The average molecular weight is 387 g/mol. The van der Waals surface area contributed by atoms with E-state index in [0.717, 1.165) is 60.8 Å². The normalized spacial score (nSPS) is 17.8. The molecule has 1 aromatic carbocycles. The quantitative estimate of drug-likeness (QED) is 0.520. The second-order valence-corrected chi connectivity index (χ2v) is 8.01. The van der Waals surface area contributed by atoms with Crippen LogP contribution in [0.4, 0.5) is 0 Å². The molecule has 5 rings (SSSR count). The van der Waals surface area contributed by atoms with Crippen molar-refractivity contribution in [3.63, 3.8) is 0 Å². The van der Waals surface area contributed by atoms with Gasteiger partial charge in [-0.3, -0.25) is 4.90 Å². The van der Waals surface area contributed by atoms with Crippen LogP contribution in [0.3, 0.4) is 0 Å². The molecule has 1 aliphatic heterocycles. The van der Waals surface area contributed by atoms with Crippen molar-refractivity contribution in [2.24, 2.45) is 0 Å². The minimum Gasteiger partial charge on any atom is -0.356 e. The Bertz CT molecular complexity index is 1130. The highest BCUT2D eigenvalue weighted by Gasteiger charge is 2.28. The third kappa shape index (κ3) is 3.56. The zero-order chi connectivity index (χ0) is 19.8. The summed E-state index contributed by atoms with van der Waals surface area (Å²) in [7, 11) is 0. The Kier molecular flexibility index (Phi) is 4.64. The number of hydrogen-bond donors (Lipinski definition) is 0. The summed E-state index contributed by atoms with van der Waals surface area (Å²) in [5, 5.41) is 8.86. The number of benzene rings is 1. The fourth-order valence-electron chi connectivity index (χ4n) is 4.40. The molecule has 1 fully saturated rings. The second kappa shape index (κ2) is 7.44. The summed E-state index contributed by atoms with van der Waals surface area (Å²) in [5.74, 6) is 1.12. The molecule has 1 aliphatic rings. The Morgan fingerprint density at radius 1 is 1.10 bits per heavy atom. The summed E-state index contributed by atoms with van der Waals surface area (Å²) in [5.41, 5.74) is 6.26. The van der Waals surface area contributed by atoms with Crippen molar-refractivity contribution in [2.75, 3.05) is 13.1 Å². The minimum absolute atomic E-state index is 0.359. The minimum atomic E-state index is 0.359. The number of aromatic nitrogens is 4. The molecule has 0 saturated carbocycles. The van der Waals surface area contributed by atoms with Gasteiger partial charge in [0.25, 0.3) is 0 Å². The van der Waals surface area contributed by atoms with E-state index in [1.807, 2.05) is 36.7 Å². The lowest BCUT2D eigenvalue weighted by Crippen LogP contribution is -2.34. The van der Waals surface area contributed by atoms with Crippen LogP contribution in [0.2, 0.25) is 0 Å². The Morgan fingerprint density at radius 2 is 1.97 bits per heavy atom. The maximum absolute atomic E-state index is 5.62. The average Bonchev–Trinajstić information content (AvgIpc) is 3.32. The van der Waals surface area contributed by atoms with Gasteiger partial charge in [0.1, 0.15) is 0 Å². The van der Waals surface area contributed by atoms with Gasteiger partial charge in [-0.25, -0.2) is 9.50 Å². The van der Waals surface area contributed by atoms with Gasteiger partial charge in [-0.15, -0.1) is 0 Å². The lowest BCUT2D eigenvalue weighted by Gasteiger charge is -2.33. The summed E-state index contributed by atoms with van der Waals surface area (Å²) in [6.07, 6.45) is 4.21. The SMILES string of the molecule is Cc1cc(-c2cnc3cc(C)nn3c2[C@@H]2CCCN(Cc3ccccc3)C2)on1. The molecule has 0 unspecified atom stereocenters. The van der Waals surface area contributed by atoms with Crippen molar-refractivity contribution in [3.05, 3.63) is 71.3 Å². The first kappa shape index (κ1) is 18.1. The van der Waals surface area contributed by atoms with Crippen LogP contribution in [-0.2, 0) is 6.54 Å². The van der Waals surface area contributed by atoms with Gasteiger partial charge in [0, 0.05) is 37.3 Å². The van der Waals surface area contributed by atoms with Crippen LogP contribution >= 0.6 is 0 Å². The molecule has 6 heteroatoms. The van der Waals surface area contributed by atoms with Crippen molar-refractivity contribution in [1.82, 2.24) is 24.7 Å². The molecule has 29 heavy (non-hydrogen) atoms. The summed E-state index contributed by atoms with van der Waals surface area (Å²) < 4.78 is 7.63. The van der Waals surface area contributed by atoms with E-state index in [0.29, 0.717) is 5.92 Å².